The normalized spacial score (nSPS) is 11.5. The third-order valence-electron chi connectivity index (χ3n) is 1.12. The highest BCUT2D eigenvalue weighted by Crippen LogP contribution is 2.27. The van der Waals surface area contributed by atoms with Gasteiger partial charge in [-0.3, -0.25) is 0 Å². The fraction of sp³-hybridized carbons (Fsp3) is 0.333. The van der Waals surface area contributed by atoms with Crippen LogP contribution in [-0.2, 0) is 9.05 Å². The van der Waals surface area contributed by atoms with Crippen LogP contribution in [0.5, 0.6) is 5.75 Å². The molecule has 6 heteroatoms. The summed E-state index contributed by atoms with van der Waals surface area (Å²) in [6.45, 7) is 2.09. The molecule has 0 fully saturated rings. The number of rotatable bonds is 3. The van der Waals surface area contributed by atoms with E-state index in [2.05, 4.69) is 4.42 Å². The van der Waals surface area contributed by atoms with Gasteiger partial charge in [-0.1, -0.05) is 0 Å². The molecule has 0 amide bonds. The summed E-state index contributed by atoms with van der Waals surface area (Å²) in [4.78, 5) is 0. The van der Waals surface area contributed by atoms with Crippen molar-refractivity contribution in [1.29, 1.82) is 0 Å². The van der Waals surface area contributed by atoms with Gasteiger partial charge in [-0.05, 0) is 6.92 Å². The first-order valence-electron chi connectivity index (χ1n) is 3.20. The minimum absolute atomic E-state index is 0.146. The summed E-state index contributed by atoms with van der Waals surface area (Å²) in [6, 6.07) is 1.40. The van der Waals surface area contributed by atoms with Crippen molar-refractivity contribution < 1.29 is 17.6 Å². The summed E-state index contributed by atoms with van der Waals surface area (Å²) in [5.41, 5.74) is 0. The Morgan fingerprint density at radius 3 is 2.83 bits per heavy atom. The van der Waals surface area contributed by atoms with Crippen LogP contribution >= 0.6 is 10.7 Å². The van der Waals surface area contributed by atoms with Crippen molar-refractivity contribution in [2.24, 2.45) is 0 Å². The minimum atomic E-state index is -3.83. The van der Waals surface area contributed by atoms with Crippen LogP contribution in [0.15, 0.2) is 21.8 Å². The van der Waals surface area contributed by atoms with Gasteiger partial charge in [-0.25, -0.2) is 8.42 Å². The maximum Gasteiger partial charge on any atom is 0.298 e. The van der Waals surface area contributed by atoms with E-state index in [0.29, 0.717) is 6.61 Å². The molecule has 0 N–H and O–H groups in total. The molecule has 0 aliphatic carbocycles. The third-order valence-corrected chi connectivity index (χ3v) is 2.28. The van der Waals surface area contributed by atoms with Crippen LogP contribution in [0, 0.1) is 0 Å². The van der Waals surface area contributed by atoms with Crippen LogP contribution in [0.1, 0.15) is 6.92 Å². The minimum Gasteiger partial charge on any atom is -0.489 e. The molecule has 12 heavy (non-hydrogen) atoms. The van der Waals surface area contributed by atoms with Crippen molar-refractivity contribution >= 4 is 19.7 Å². The van der Waals surface area contributed by atoms with E-state index in [4.69, 9.17) is 15.4 Å². The number of halogens is 1. The lowest BCUT2D eigenvalue weighted by Gasteiger charge is -1.98. The Hall–Kier alpha value is -0.680. The van der Waals surface area contributed by atoms with E-state index in [9.17, 15) is 8.42 Å². The Labute approximate surface area is 74.5 Å². The lowest BCUT2D eigenvalue weighted by Crippen LogP contribution is -1.95. The molecule has 0 spiro atoms. The predicted octanol–water partition coefficient (Wildman–Crippen LogP) is 1.61. The first kappa shape index (κ1) is 9.41. The molecule has 1 aromatic heterocycles. The van der Waals surface area contributed by atoms with E-state index >= 15 is 0 Å². The van der Waals surface area contributed by atoms with Gasteiger partial charge in [0.2, 0.25) is 0 Å². The molecule has 0 saturated heterocycles. The molecule has 0 saturated carbocycles. The van der Waals surface area contributed by atoms with Crippen molar-refractivity contribution in [3.05, 3.63) is 12.3 Å². The van der Waals surface area contributed by atoms with Crippen molar-refractivity contribution in [2.75, 3.05) is 6.61 Å². The second kappa shape index (κ2) is 3.37. The van der Waals surface area contributed by atoms with Crippen LogP contribution in [0.2, 0.25) is 0 Å². The van der Waals surface area contributed by atoms with Gasteiger partial charge in [0, 0.05) is 16.7 Å². The standard InChI is InChI=1S/C6H7ClO4S/c1-2-10-5-3-4-11-6(5)12(7,8)9/h3-4H,2H2,1H3. The molecular formula is C6H7ClO4S. The zero-order valence-electron chi connectivity index (χ0n) is 6.28. The lowest BCUT2D eigenvalue weighted by atomic mass is 10.6. The van der Waals surface area contributed by atoms with Gasteiger partial charge in [0.25, 0.3) is 14.1 Å². The van der Waals surface area contributed by atoms with E-state index in [0.717, 1.165) is 0 Å². The zero-order chi connectivity index (χ0) is 9.19. The number of hydrogen-bond acceptors (Lipinski definition) is 4. The molecule has 68 valence electrons. The molecule has 0 aromatic carbocycles. The van der Waals surface area contributed by atoms with Crippen LogP contribution in [0.3, 0.4) is 0 Å². The summed E-state index contributed by atoms with van der Waals surface area (Å²) in [7, 11) is 1.21. The van der Waals surface area contributed by atoms with Crippen LogP contribution < -0.4 is 4.74 Å². The summed E-state index contributed by atoms with van der Waals surface area (Å²) < 4.78 is 31.1. The van der Waals surface area contributed by atoms with Crippen molar-refractivity contribution in [2.45, 2.75) is 12.0 Å². The fourth-order valence-electron chi connectivity index (χ4n) is 0.724. The van der Waals surface area contributed by atoms with Crippen molar-refractivity contribution in [1.82, 2.24) is 0 Å². The average Bonchev–Trinajstić information content (AvgIpc) is 2.34. The van der Waals surface area contributed by atoms with Crippen molar-refractivity contribution in [3.8, 4) is 5.75 Å². The van der Waals surface area contributed by atoms with Gasteiger partial charge in [0.15, 0.2) is 5.75 Å². The molecule has 0 atom stereocenters. The molecule has 0 unspecified atom stereocenters. The van der Waals surface area contributed by atoms with Gasteiger partial charge in [-0.2, -0.15) is 0 Å². The summed E-state index contributed by atoms with van der Waals surface area (Å²) in [5, 5.41) is -0.342. The number of ether oxygens (including phenoxy) is 1. The molecule has 1 aromatic rings. The Morgan fingerprint density at radius 1 is 1.67 bits per heavy atom. The van der Waals surface area contributed by atoms with Gasteiger partial charge in [0.05, 0.1) is 12.9 Å². The molecule has 1 heterocycles. The third kappa shape index (κ3) is 1.92. The second-order valence-corrected chi connectivity index (χ2v) is 4.41. The molecule has 1 rings (SSSR count). The van der Waals surface area contributed by atoms with Gasteiger partial charge < -0.3 is 9.15 Å². The van der Waals surface area contributed by atoms with Crippen LogP contribution in [-0.4, -0.2) is 15.0 Å². The molecule has 0 aliphatic rings. The highest BCUT2D eigenvalue weighted by Gasteiger charge is 2.20. The van der Waals surface area contributed by atoms with Gasteiger partial charge in [0.1, 0.15) is 0 Å². The highest BCUT2D eigenvalue weighted by atomic mass is 35.7. The summed E-state index contributed by atoms with van der Waals surface area (Å²) >= 11 is 0. The van der Waals surface area contributed by atoms with Gasteiger partial charge in [-0.15, -0.1) is 0 Å². The highest BCUT2D eigenvalue weighted by molar-refractivity contribution is 8.13. The number of furan rings is 1. The van der Waals surface area contributed by atoms with Crippen molar-refractivity contribution in [3.63, 3.8) is 0 Å². The Bertz CT molecular complexity index is 353. The maximum atomic E-state index is 10.8. The fourth-order valence-corrected chi connectivity index (χ4v) is 1.60. The lowest BCUT2D eigenvalue weighted by molar-refractivity contribution is 0.312. The maximum absolute atomic E-state index is 10.8. The van der Waals surface area contributed by atoms with Gasteiger partial charge >= 0.3 is 0 Å². The monoisotopic (exact) mass is 210 g/mol. The van der Waals surface area contributed by atoms with E-state index in [1.54, 1.807) is 6.92 Å². The molecule has 4 nitrogen and oxygen atoms in total. The predicted molar refractivity (Wildman–Crippen MR) is 42.9 cm³/mol. The summed E-state index contributed by atoms with van der Waals surface area (Å²) in [5.74, 6) is 0.146. The molecule has 0 radical (unpaired) electrons. The van der Waals surface area contributed by atoms with E-state index in [-0.39, 0.29) is 10.8 Å². The quantitative estimate of drug-likeness (QED) is 0.712. The average molecular weight is 211 g/mol. The molecule has 0 aliphatic heterocycles. The van der Waals surface area contributed by atoms with E-state index in [1.165, 1.54) is 12.3 Å². The first-order chi connectivity index (χ1) is 5.55. The Kier molecular flexibility index (Phi) is 2.64. The Balaban J connectivity index is 3.08. The molecule has 0 bridgehead atoms. The smallest absolute Gasteiger partial charge is 0.298 e. The summed E-state index contributed by atoms with van der Waals surface area (Å²) in [6.07, 6.45) is 1.21. The van der Waals surface area contributed by atoms with Crippen LogP contribution in [0.4, 0.5) is 0 Å². The topological polar surface area (TPSA) is 56.5 Å². The SMILES string of the molecule is CCOc1ccoc1S(=O)(=O)Cl. The van der Waals surface area contributed by atoms with E-state index < -0.39 is 9.05 Å². The van der Waals surface area contributed by atoms with E-state index in [1.807, 2.05) is 0 Å². The number of hydrogen-bond donors (Lipinski definition) is 0. The van der Waals surface area contributed by atoms with Crippen LogP contribution in [0.25, 0.3) is 0 Å². The molecular weight excluding hydrogens is 204 g/mol. The Morgan fingerprint density at radius 2 is 2.33 bits per heavy atom. The second-order valence-electron chi connectivity index (χ2n) is 1.94. The zero-order valence-corrected chi connectivity index (χ0v) is 7.85. The first-order valence-corrected chi connectivity index (χ1v) is 5.51. The largest absolute Gasteiger partial charge is 0.489 e.